The fraction of sp³-hybridized carbons (Fsp3) is 0.296. The van der Waals surface area contributed by atoms with Crippen molar-refractivity contribution in [1.82, 2.24) is 34.5 Å². The maximum Gasteiger partial charge on any atom is 0.163 e. The minimum atomic E-state index is 0.286. The molecule has 5 rings (SSSR count). The number of rotatable bonds is 6. The molecule has 0 radical (unpaired) electrons. The molecule has 0 aliphatic carbocycles. The molecule has 0 aliphatic rings. The number of aryl methyl sites for hydroxylation is 1. The summed E-state index contributed by atoms with van der Waals surface area (Å²) in [5, 5.41) is 10.3. The molecule has 0 aliphatic heterocycles. The van der Waals surface area contributed by atoms with E-state index < -0.39 is 0 Å². The Labute approximate surface area is 199 Å². The van der Waals surface area contributed by atoms with E-state index in [0.29, 0.717) is 18.3 Å². The Morgan fingerprint density at radius 3 is 2.41 bits per heavy atom. The van der Waals surface area contributed by atoms with Gasteiger partial charge in [0, 0.05) is 23.7 Å². The molecule has 0 N–H and O–H groups in total. The maximum atomic E-state index is 4.88. The van der Waals surface area contributed by atoms with E-state index in [1.165, 1.54) is 0 Å². The molecule has 7 heteroatoms. The van der Waals surface area contributed by atoms with Gasteiger partial charge in [0.2, 0.25) is 0 Å². The highest BCUT2D eigenvalue weighted by molar-refractivity contribution is 5.76. The standard InChI is InChI=1S/C27H29N7/c1-17(2)24-13-19(5)34(32-24)22-10-8-20(9-11-22)16-33-27-21(15-30-33)14-29-26(31-27)23-7-6-12-28-25(23)18(3)4/h6-15,17-18H,16H2,1-5H3. The van der Waals surface area contributed by atoms with Crippen LogP contribution in [-0.2, 0) is 6.54 Å². The van der Waals surface area contributed by atoms with Crippen LogP contribution in [0.25, 0.3) is 28.1 Å². The van der Waals surface area contributed by atoms with Crippen LogP contribution in [0.1, 0.15) is 62.2 Å². The third-order valence-corrected chi connectivity index (χ3v) is 6.01. The lowest BCUT2D eigenvalue weighted by atomic mass is 10.0. The zero-order valence-corrected chi connectivity index (χ0v) is 20.3. The van der Waals surface area contributed by atoms with Crippen molar-refractivity contribution in [1.29, 1.82) is 0 Å². The lowest BCUT2D eigenvalue weighted by Crippen LogP contribution is -2.05. The molecule has 0 fully saturated rings. The Morgan fingerprint density at radius 1 is 0.912 bits per heavy atom. The van der Waals surface area contributed by atoms with Gasteiger partial charge in [-0.2, -0.15) is 10.2 Å². The summed E-state index contributed by atoms with van der Waals surface area (Å²) in [6, 6.07) is 14.6. The molecule has 1 aromatic carbocycles. The van der Waals surface area contributed by atoms with Crippen molar-refractivity contribution >= 4 is 11.0 Å². The predicted molar refractivity (Wildman–Crippen MR) is 134 cm³/mol. The summed E-state index contributed by atoms with van der Waals surface area (Å²) in [5.74, 6) is 1.37. The molecule has 0 bridgehead atoms. The SMILES string of the molecule is Cc1cc(C(C)C)nn1-c1ccc(Cn2ncc3cnc(-c4cccnc4C(C)C)nc32)cc1. The summed E-state index contributed by atoms with van der Waals surface area (Å²) in [6.45, 7) is 11.3. The van der Waals surface area contributed by atoms with E-state index in [4.69, 9.17) is 10.1 Å². The summed E-state index contributed by atoms with van der Waals surface area (Å²) in [7, 11) is 0. The average molecular weight is 452 g/mol. The van der Waals surface area contributed by atoms with Crippen LogP contribution in [-0.4, -0.2) is 34.5 Å². The molecule has 7 nitrogen and oxygen atoms in total. The molecular formula is C27H29N7. The molecule has 0 amide bonds. The van der Waals surface area contributed by atoms with Gasteiger partial charge in [-0.1, -0.05) is 39.8 Å². The minimum absolute atomic E-state index is 0.286. The second-order valence-electron chi connectivity index (χ2n) is 9.31. The van der Waals surface area contributed by atoms with E-state index in [2.05, 4.69) is 80.0 Å². The first kappa shape index (κ1) is 21.9. The highest BCUT2D eigenvalue weighted by Gasteiger charge is 2.15. The van der Waals surface area contributed by atoms with Crippen molar-refractivity contribution < 1.29 is 0 Å². The summed E-state index contributed by atoms with van der Waals surface area (Å²) >= 11 is 0. The second kappa shape index (κ2) is 8.82. The van der Waals surface area contributed by atoms with Crippen molar-refractivity contribution in [2.75, 3.05) is 0 Å². The van der Waals surface area contributed by atoms with E-state index in [1.807, 2.05) is 40.1 Å². The van der Waals surface area contributed by atoms with E-state index >= 15 is 0 Å². The largest absolute Gasteiger partial charge is 0.260 e. The molecule has 4 aromatic heterocycles. The van der Waals surface area contributed by atoms with Gasteiger partial charge in [-0.15, -0.1) is 0 Å². The van der Waals surface area contributed by atoms with Crippen LogP contribution in [0.5, 0.6) is 0 Å². The zero-order chi connectivity index (χ0) is 23.8. The van der Waals surface area contributed by atoms with Crippen molar-refractivity contribution in [3.8, 4) is 17.1 Å². The predicted octanol–water partition coefficient (Wildman–Crippen LogP) is 5.68. The van der Waals surface area contributed by atoms with Gasteiger partial charge in [0.15, 0.2) is 11.5 Å². The number of hydrogen-bond donors (Lipinski definition) is 0. The number of fused-ring (bicyclic) bond motifs is 1. The maximum absolute atomic E-state index is 4.88. The Hall–Kier alpha value is -3.87. The first-order chi connectivity index (χ1) is 16.4. The van der Waals surface area contributed by atoms with Gasteiger partial charge >= 0.3 is 0 Å². The molecular weight excluding hydrogens is 422 g/mol. The summed E-state index contributed by atoms with van der Waals surface area (Å²) in [5.41, 5.74) is 7.22. The van der Waals surface area contributed by atoms with Crippen LogP contribution >= 0.6 is 0 Å². The van der Waals surface area contributed by atoms with Gasteiger partial charge < -0.3 is 0 Å². The fourth-order valence-corrected chi connectivity index (χ4v) is 4.14. The molecule has 0 spiro atoms. The van der Waals surface area contributed by atoms with Gasteiger partial charge in [-0.05, 0) is 54.7 Å². The number of benzene rings is 1. The van der Waals surface area contributed by atoms with Crippen LogP contribution in [0.15, 0.2) is 61.1 Å². The summed E-state index contributed by atoms with van der Waals surface area (Å²) < 4.78 is 3.93. The minimum Gasteiger partial charge on any atom is -0.260 e. The van der Waals surface area contributed by atoms with E-state index in [0.717, 1.165) is 44.9 Å². The fourth-order valence-electron chi connectivity index (χ4n) is 4.14. The van der Waals surface area contributed by atoms with E-state index in [9.17, 15) is 0 Å². The average Bonchev–Trinajstić information content (AvgIpc) is 3.43. The number of hydrogen-bond acceptors (Lipinski definition) is 5. The van der Waals surface area contributed by atoms with Crippen LogP contribution < -0.4 is 0 Å². The van der Waals surface area contributed by atoms with Crippen molar-refractivity contribution in [2.24, 2.45) is 0 Å². The Balaban J connectivity index is 1.44. The lowest BCUT2D eigenvalue weighted by molar-refractivity contribution is 0.703. The summed E-state index contributed by atoms with van der Waals surface area (Å²) in [4.78, 5) is 14.0. The van der Waals surface area contributed by atoms with Gasteiger partial charge in [-0.3, -0.25) is 4.98 Å². The monoisotopic (exact) mass is 451 g/mol. The van der Waals surface area contributed by atoms with Crippen LogP contribution in [0.3, 0.4) is 0 Å². The molecule has 0 saturated carbocycles. The molecule has 0 unspecified atom stereocenters. The number of pyridine rings is 1. The number of nitrogens with zero attached hydrogens (tertiary/aromatic N) is 7. The van der Waals surface area contributed by atoms with Crippen LogP contribution in [0.2, 0.25) is 0 Å². The molecule has 34 heavy (non-hydrogen) atoms. The topological polar surface area (TPSA) is 74.3 Å². The van der Waals surface area contributed by atoms with Crippen molar-refractivity contribution in [2.45, 2.75) is 53.0 Å². The van der Waals surface area contributed by atoms with Crippen LogP contribution in [0, 0.1) is 6.92 Å². The van der Waals surface area contributed by atoms with Crippen LogP contribution in [0.4, 0.5) is 0 Å². The van der Waals surface area contributed by atoms with Gasteiger partial charge in [0.25, 0.3) is 0 Å². The Bertz CT molecular complexity index is 1440. The first-order valence-electron chi connectivity index (χ1n) is 11.7. The highest BCUT2D eigenvalue weighted by atomic mass is 15.3. The molecule has 5 aromatic rings. The third-order valence-electron chi connectivity index (χ3n) is 6.01. The van der Waals surface area contributed by atoms with Gasteiger partial charge in [-0.25, -0.2) is 19.3 Å². The quantitative estimate of drug-likeness (QED) is 0.332. The van der Waals surface area contributed by atoms with E-state index in [-0.39, 0.29) is 5.92 Å². The van der Waals surface area contributed by atoms with Crippen molar-refractivity contribution in [3.63, 3.8) is 0 Å². The zero-order valence-electron chi connectivity index (χ0n) is 20.3. The van der Waals surface area contributed by atoms with Crippen molar-refractivity contribution in [3.05, 3.63) is 83.7 Å². The molecule has 172 valence electrons. The molecule has 0 saturated heterocycles. The Kier molecular flexibility index (Phi) is 5.69. The lowest BCUT2D eigenvalue weighted by Gasteiger charge is -2.10. The van der Waals surface area contributed by atoms with Gasteiger partial charge in [0.05, 0.1) is 35.2 Å². The Morgan fingerprint density at radius 2 is 1.71 bits per heavy atom. The molecule has 4 heterocycles. The first-order valence-corrected chi connectivity index (χ1v) is 11.7. The smallest absolute Gasteiger partial charge is 0.163 e. The number of aromatic nitrogens is 7. The normalized spacial score (nSPS) is 11.7. The molecule has 0 atom stereocenters. The third kappa shape index (κ3) is 4.09. The van der Waals surface area contributed by atoms with E-state index in [1.54, 1.807) is 0 Å². The highest BCUT2D eigenvalue weighted by Crippen LogP contribution is 2.26. The summed E-state index contributed by atoms with van der Waals surface area (Å²) in [6.07, 6.45) is 5.48. The van der Waals surface area contributed by atoms with Gasteiger partial charge in [0.1, 0.15) is 0 Å². The second-order valence-corrected chi connectivity index (χ2v) is 9.31.